The SMILES string of the molecule is CC(NCC1(C)CCN(C(=O)OC(C)(C)C)CC1)c1ccco1. The van der Waals surface area contributed by atoms with Gasteiger partial charge in [0.2, 0.25) is 0 Å². The molecule has 130 valence electrons. The number of rotatable bonds is 4. The second-order valence-corrected chi connectivity index (χ2v) is 7.90. The molecule has 1 aliphatic rings. The van der Waals surface area contributed by atoms with E-state index < -0.39 is 5.60 Å². The summed E-state index contributed by atoms with van der Waals surface area (Å²) in [4.78, 5) is 13.9. The third-order valence-corrected chi connectivity index (χ3v) is 4.43. The lowest BCUT2D eigenvalue weighted by atomic mass is 9.80. The number of hydrogen-bond acceptors (Lipinski definition) is 4. The van der Waals surface area contributed by atoms with Crippen LogP contribution in [0.1, 0.15) is 59.3 Å². The predicted molar refractivity (Wildman–Crippen MR) is 90.3 cm³/mol. The molecule has 2 rings (SSSR count). The van der Waals surface area contributed by atoms with Crippen LogP contribution in [0.15, 0.2) is 22.8 Å². The van der Waals surface area contributed by atoms with Gasteiger partial charge in [-0.1, -0.05) is 6.92 Å². The van der Waals surface area contributed by atoms with Gasteiger partial charge in [-0.15, -0.1) is 0 Å². The number of carbonyl (C=O) groups excluding carboxylic acids is 1. The van der Waals surface area contributed by atoms with Gasteiger partial charge in [-0.3, -0.25) is 0 Å². The van der Waals surface area contributed by atoms with E-state index in [1.807, 2.05) is 37.8 Å². The fourth-order valence-electron chi connectivity index (χ4n) is 2.77. The van der Waals surface area contributed by atoms with Crippen LogP contribution in [0.4, 0.5) is 4.79 Å². The molecule has 1 fully saturated rings. The topological polar surface area (TPSA) is 54.7 Å². The smallest absolute Gasteiger partial charge is 0.410 e. The molecule has 1 amide bonds. The number of amides is 1. The lowest BCUT2D eigenvalue weighted by Crippen LogP contribution is -2.47. The highest BCUT2D eigenvalue weighted by Gasteiger charge is 2.33. The van der Waals surface area contributed by atoms with Crippen LogP contribution < -0.4 is 5.32 Å². The minimum absolute atomic E-state index is 0.194. The molecule has 0 radical (unpaired) electrons. The van der Waals surface area contributed by atoms with Crippen molar-refractivity contribution >= 4 is 6.09 Å². The molecule has 0 spiro atoms. The van der Waals surface area contributed by atoms with E-state index in [-0.39, 0.29) is 17.6 Å². The Labute approximate surface area is 139 Å². The van der Waals surface area contributed by atoms with Gasteiger partial charge >= 0.3 is 6.09 Å². The Kier molecular flexibility index (Phi) is 5.40. The normalized spacial score (nSPS) is 19.4. The van der Waals surface area contributed by atoms with Gasteiger partial charge in [0.15, 0.2) is 0 Å². The number of nitrogens with zero attached hydrogens (tertiary/aromatic N) is 1. The molecule has 1 saturated heterocycles. The quantitative estimate of drug-likeness (QED) is 0.911. The predicted octanol–water partition coefficient (Wildman–Crippen LogP) is 3.97. The highest BCUT2D eigenvalue weighted by atomic mass is 16.6. The molecule has 1 aliphatic heterocycles. The molecule has 1 N–H and O–H groups in total. The van der Waals surface area contributed by atoms with Gasteiger partial charge < -0.3 is 19.4 Å². The summed E-state index contributed by atoms with van der Waals surface area (Å²) in [5.74, 6) is 0.958. The Bertz CT molecular complexity index is 497. The number of nitrogens with one attached hydrogen (secondary N) is 1. The van der Waals surface area contributed by atoms with Crippen LogP contribution in [0.3, 0.4) is 0 Å². The van der Waals surface area contributed by atoms with Crippen LogP contribution in [0.2, 0.25) is 0 Å². The van der Waals surface area contributed by atoms with Crippen LogP contribution in [0.25, 0.3) is 0 Å². The summed E-state index contributed by atoms with van der Waals surface area (Å²) in [6.07, 6.45) is 3.46. The number of hydrogen-bond donors (Lipinski definition) is 1. The monoisotopic (exact) mass is 322 g/mol. The summed E-state index contributed by atoms with van der Waals surface area (Å²) in [6, 6.07) is 4.10. The molecule has 5 nitrogen and oxygen atoms in total. The molecule has 1 aromatic heterocycles. The van der Waals surface area contributed by atoms with Crippen LogP contribution in [-0.4, -0.2) is 36.2 Å². The van der Waals surface area contributed by atoms with Crippen molar-refractivity contribution in [1.29, 1.82) is 0 Å². The Balaban J connectivity index is 1.79. The van der Waals surface area contributed by atoms with Crippen LogP contribution in [0.5, 0.6) is 0 Å². The number of furan rings is 1. The van der Waals surface area contributed by atoms with E-state index in [4.69, 9.17) is 9.15 Å². The van der Waals surface area contributed by atoms with E-state index >= 15 is 0 Å². The average molecular weight is 322 g/mol. The Morgan fingerprint density at radius 3 is 2.61 bits per heavy atom. The molecule has 0 saturated carbocycles. The summed E-state index contributed by atoms with van der Waals surface area (Å²) < 4.78 is 10.9. The molecule has 1 unspecified atom stereocenters. The minimum atomic E-state index is -0.433. The first-order chi connectivity index (χ1) is 10.7. The van der Waals surface area contributed by atoms with E-state index in [1.54, 1.807) is 6.26 Å². The van der Waals surface area contributed by atoms with E-state index in [2.05, 4.69) is 19.2 Å². The van der Waals surface area contributed by atoms with Crippen molar-refractivity contribution in [2.75, 3.05) is 19.6 Å². The lowest BCUT2D eigenvalue weighted by molar-refractivity contribution is 0.0117. The summed E-state index contributed by atoms with van der Waals surface area (Å²) in [5, 5.41) is 3.55. The van der Waals surface area contributed by atoms with E-state index in [9.17, 15) is 4.79 Å². The standard InChI is InChI=1S/C18H30N2O3/c1-14(15-7-6-12-22-15)19-13-18(5)8-10-20(11-9-18)16(21)23-17(2,3)4/h6-7,12,14,19H,8-11,13H2,1-5H3. The van der Waals surface area contributed by atoms with Gasteiger partial charge in [0.1, 0.15) is 11.4 Å². The molecule has 5 heteroatoms. The van der Waals surface area contributed by atoms with Crippen LogP contribution in [-0.2, 0) is 4.74 Å². The molecule has 2 heterocycles. The molecule has 1 atom stereocenters. The summed E-state index contributed by atoms with van der Waals surface area (Å²) in [7, 11) is 0. The summed E-state index contributed by atoms with van der Waals surface area (Å²) >= 11 is 0. The maximum Gasteiger partial charge on any atom is 0.410 e. The van der Waals surface area contributed by atoms with E-state index in [1.165, 1.54) is 0 Å². The van der Waals surface area contributed by atoms with Crippen LogP contribution in [0, 0.1) is 5.41 Å². The van der Waals surface area contributed by atoms with Gasteiger partial charge in [0.05, 0.1) is 12.3 Å². The van der Waals surface area contributed by atoms with E-state index in [0.29, 0.717) is 0 Å². The van der Waals surface area contributed by atoms with Gasteiger partial charge in [-0.2, -0.15) is 0 Å². The number of likely N-dealkylation sites (tertiary alicyclic amines) is 1. The minimum Gasteiger partial charge on any atom is -0.468 e. The van der Waals surface area contributed by atoms with Crippen LogP contribution >= 0.6 is 0 Å². The van der Waals surface area contributed by atoms with Crippen molar-refractivity contribution in [3.05, 3.63) is 24.2 Å². The van der Waals surface area contributed by atoms with Crippen molar-refractivity contribution in [2.24, 2.45) is 5.41 Å². The fourth-order valence-corrected chi connectivity index (χ4v) is 2.77. The molecule has 0 bridgehead atoms. The zero-order chi connectivity index (χ0) is 17.1. The van der Waals surface area contributed by atoms with Crippen molar-refractivity contribution in [1.82, 2.24) is 10.2 Å². The maximum absolute atomic E-state index is 12.1. The first-order valence-corrected chi connectivity index (χ1v) is 8.43. The van der Waals surface area contributed by atoms with Crippen molar-refractivity contribution in [2.45, 2.75) is 59.1 Å². The van der Waals surface area contributed by atoms with Gasteiger partial charge in [-0.25, -0.2) is 4.79 Å². The van der Waals surface area contributed by atoms with Gasteiger partial charge in [0, 0.05) is 19.6 Å². The Morgan fingerprint density at radius 1 is 1.43 bits per heavy atom. The first-order valence-electron chi connectivity index (χ1n) is 8.43. The highest BCUT2D eigenvalue weighted by molar-refractivity contribution is 5.68. The Morgan fingerprint density at radius 2 is 2.09 bits per heavy atom. The third kappa shape index (κ3) is 5.27. The maximum atomic E-state index is 12.1. The fraction of sp³-hybridized carbons (Fsp3) is 0.722. The highest BCUT2D eigenvalue weighted by Crippen LogP contribution is 2.31. The zero-order valence-electron chi connectivity index (χ0n) is 15.0. The first kappa shape index (κ1) is 17.9. The summed E-state index contributed by atoms with van der Waals surface area (Å²) in [5.41, 5.74) is -0.239. The second-order valence-electron chi connectivity index (χ2n) is 7.90. The third-order valence-electron chi connectivity index (χ3n) is 4.43. The van der Waals surface area contributed by atoms with E-state index in [0.717, 1.165) is 38.2 Å². The molecule has 23 heavy (non-hydrogen) atoms. The zero-order valence-corrected chi connectivity index (χ0v) is 15.0. The molecular weight excluding hydrogens is 292 g/mol. The summed E-state index contributed by atoms with van der Waals surface area (Å²) in [6.45, 7) is 12.5. The number of piperidine rings is 1. The van der Waals surface area contributed by atoms with Crippen molar-refractivity contribution in [3.8, 4) is 0 Å². The second kappa shape index (κ2) is 6.95. The van der Waals surface area contributed by atoms with Gasteiger partial charge in [-0.05, 0) is 58.1 Å². The van der Waals surface area contributed by atoms with Crippen molar-refractivity contribution < 1.29 is 13.9 Å². The number of ether oxygens (including phenoxy) is 1. The molecule has 1 aromatic rings. The van der Waals surface area contributed by atoms with Gasteiger partial charge in [0.25, 0.3) is 0 Å². The van der Waals surface area contributed by atoms with Crippen molar-refractivity contribution in [3.63, 3.8) is 0 Å². The number of carbonyl (C=O) groups is 1. The average Bonchev–Trinajstić information content (AvgIpc) is 2.98. The Hall–Kier alpha value is -1.49. The molecule has 0 aliphatic carbocycles. The molecule has 0 aromatic carbocycles. The largest absolute Gasteiger partial charge is 0.468 e. The lowest BCUT2D eigenvalue weighted by Gasteiger charge is -2.40. The molecular formula is C18H30N2O3.